The van der Waals surface area contributed by atoms with Crippen LogP contribution in [-0.4, -0.2) is 20.1 Å². The molecular formula is C18H19Cl2NO3S. The Morgan fingerprint density at radius 1 is 1.08 bits per heavy atom. The van der Waals surface area contributed by atoms with Crippen LogP contribution in [-0.2, 0) is 14.6 Å². The van der Waals surface area contributed by atoms with Crippen LogP contribution in [0.25, 0.3) is 0 Å². The van der Waals surface area contributed by atoms with E-state index in [9.17, 15) is 13.2 Å². The van der Waals surface area contributed by atoms with Crippen molar-refractivity contribution in [3.63, 3.8) is 0 Å². The topological polar surface area (TPSA) is 63.2 Å². The Hall–Kier alpha value is -1.56. The highest BCUT2D eigenvalue weighted by atomic mass is 35.5. The first kappa shape index (κ1) is 19.8. The molecule has 2 atom stereocenters. The molecule has 0 fully saturated rings. The fraction of sp³-hybridized carbons (Fsp3) is 0.278. The molecule has 0 bridgehead atoms. The van der Waals surface area contributed by atoms with Gasteiger partial charge in [0.05, 0.1) is 11.3 Å². The third kappa shape index (κ3) is 5.21. The van der Waals surface area contributed by atoms with E-state index >= 15 is 0 Å². The van der Waals surface area contributed by atoms with Crippen molar-refractivity contribution in [2.45, 2.75) is 25.1 Å². The zero-order chi connectivity index (χ0) is 18.6. The lowest BCUT2D eigenvalue weighted by Crippen LogP contribution is -2.33. The van der Waals surface area contributed by atoms with Crippen molar-refractivity contribution in [1.29, 1.82) is 0 Å². The van der Waals surface area contributed by atoms with Gasteiger partial charge in [-0.25, -0.2) is 8.42 Å². The van der Waals surface area contributed by atoms with Crippen LogP contribution in [0.5, 0.6) is 0 Å². The Morgan fingerprint density at radius 2 is 1.72 bits per heavy atom. The summed E-state index contributed by atoms with van der Waals surface area (Å²) in [4.78, 5) is 12.2. The van der Waals surface area contributed by atoms with E-state index in [-0.39, 0.29) is 0 Å². The van der Waals surface area contributed by atoms with E-state index in [4.69, 9.17) is 23.2 Å². The smallest absolute Gasteiger partial charge is 0.235 e. The molecule has 0 radical (unpaired) electrons. The van der Waals surface area contributed by atoms with Crippen LogP contribution in [0.1, 0.15) is 36.3 Å². The van der Waals surface area contributed by atoms with Crippen molar-refractivity contribution >= 4 is 38.9 Å². The van der Waals surface area contributed by atoms with Crippen molar-refractivity contribution in [1.82, 2.24) is 5.32 Å². The van der Waals surface area contributed by atoms with Crippen molar-refractivity contribution in [3.05, 3.63) is 69.7 Å². The van der Waals surface area contributed by atoms with E-state index in [0.29, 0.717) is 21.2 Å². The van der Waals surface area contributed by atoms with Gasteiger partial charge in [-0.2, -0.15) is 0 Å². The van der Waals surface area contributed by atoms with Crippen LogP contribution in [0.15, 0.2) is 48.5 Å². The second-order valence-corrected chi connectivity index (χ2v) is 8.98. The zero-order valence-electron chi connectivity index (χ0n) is 13.9. The molecule has 0 aromatic heterocycles. The fourth-order valence-corrected chi connectivity index (χ4v) is 4.30. The molecule has 2 rings (SSSR count). The third-order valence-corrected chi connectivity index (χ3v) is 6.52. The average Bonchev–Trinajstić information content (AvgIpc) is 2.54. The van der Waals surface area contributed by atoms with Gasteiger partial charge in [0.15, 0.2) is 9.84 Å². The first-order valence-electron chi connectivity index (χ1n) is 7.71. The highest BCUT2D eigenvalue weighted by Crippen LogP contribution is 2.26. The molecule has 4 nitrogen and oxygen atoms in total. The Kier molecular flexibility index (Phi) is 6.49. The Morgan fingerprint density at radius 3 is 2.32 bits per heavy atom. The second kappa shape index (κ2) is 8.21. The van der Waals surface area contributed by atoms with E-state index in [1.165, 1.54) is 0 Å². The van der Waals surface area contributed by atoms with Crippen LogP contribution in [0.3, 0.4) is 0 Å². The summed E-state index contributed by atoms with van der Waals surface area (Å²) in [6, 6.07) is 13.3. The zero-order valence-corrected chi connectivity index (χ0v) is 16.2. The monoisotopic (exact) mass is 399 g/mol. The Labute approximate surface area is 158 Å². The van der Waals surface area contributed by atoms with Gasteiger partial charge in [-0.15, -0.1) is 0 Å². The van der Waals surface area contributed by atoms with Crippen molar-refractivity contribution < 1.29 is 13.2 Å². The number of rotatable bonds is 6. The summed E-state index contributed by atoms with van der Waals surface area (Å²) in [6.07, 6.45) is 0. The molecule has 0 spiro atoms. The molecular weight excluding hydrogens is 381 g/mol. The molecule has 0 aliphatic rings. The van der Waals surface area contributed by atoms with E-state index in [0.717, 1.165) is 0 Å². The van der Waals surface area contributed by atoms with Gasteiger partial charge in [0.1, 0.15) is 5.75 Å². The van der Waals surface area contributed by atoms with Gasteiger partial charge >= 0.3 is 0 Å². The SMILES string of the molecule is CC(NC(=O)CS(=O)(=O)C(C)c1ccccc1)c1ccc(Cl)cc1Cl. The van der Waals surface area contributed by atoms with E-state index in [1.54, 1.807) is 56.3 Å². The van der Waals surface area contributed by atoms with Crippen molar-refractivity contribution in [3.8, 4) is 0 Å². The normalized spacial score (nSPS) is 13.9. The number of nitrogens with one attached hydrogen (secondary N) is 1. The van der Waals surface area contributed by atoms with Crippen LogP contribution >= 0.6 is 23.2 Å². The largest absolute Gasteiger partial charge is 0.349 e. The maximum absolute atomic E-state index is 12.5. The Balaban J connectivity index is 2.06. The molecule has 0 aliphatic carbocycles. The van der Waals surface area contributed by atoms with Gasteiger partial charge in [-0.1, -0.05) is 59.6 Å². The lowest BCUT2D eigenvalue weighted by Gasteiger charge is -2.17. The summed E-state index contributed by atoms with van der Waals surface area (Å²) in [7, 11) is -3.62. The molecule has 2 unspecified atom stereocenters. The predicted molar refractivity (Wildman–Crippen MR) is 102 cm³/mol. The molecule has 2 aromatic carbocycles. The number of carbonyl (C=O) groups is 1. The maximum Gasteiger partial charge on any atom is 0.235 e. The molecule has 25 heavy (non-hydrogen) atoms. The first-order chi connectivity index (χ1) is 11.7. The number of halogens is 2. The second-order valence-electron chi connectivity index (χ2n) is 5.82. The number of benzene rings is 2. The molecule has 0 heterocycles. The van der Waals surface area contributed by atoms with Crippen LogP contribution < -0.4 is 5.32 Å². The first-order valence-corrected chi connectivity index (χ1v) is 10.2. The van der Waals surface area contributed by atoms with Gasteiger partial charge in [0, 0.05) is 10.0 Å². The van der Waals surface area contributed by atoms with Gasteiger partial charge in [-0.05, 0) is 37.1 Å². The lowest BCUT2D eigenvalue weighted by atomic mass is 10.1. The summed E-state index contributed by atoms with van der Waals surface area (Å²) >= 11 is 12.0. The Bertz CT molecular complexity index is 854. The number of amides is 1. The number of sulfone groups is 1. The van der Waals surface area contributed by atoms with Crippen molar-refractivity contribution in [2.24, 2.45) is 0 Å². The van der Waals surface area contributed by atoms with Crippen LogP contribution in [0.4, 0.5) is 0 Å². The van der Waals surface area contributed by atoms with Gasteiger partial charge < -0.3 is 5.32 Å². The molecule has 134 valence electrons. The highest BCUT2D eigenvalue weighted by molar-refractivity contribution is 7.92. The van der Waals surface area contributed by atoms with E-state index in [2.05, 4.69) is 5.32 Å². The minimum Gasteiger partial charge on any atom is -0.349 e. The lowest BCUT2D eigenvalue weighted by molar-refractivity contribution is -0.119. The summed E-state index contributed by atoms with van der Waals surface area (Å²) in [5, 5.41) is 2.83. The number of hydrogen-bond acceptors (Lipinski definition) is 3. The molecule has 2 aromatic rings. The molecule has 1 amide bonds. The summed E-state index contributed by atoms with van der Waals surface area (Å²) in [5.74, 6) is -1.15. The van der Waals surface area contributed by atoms with Gasteiger partial charge in [-0.3, -0.25) is 4.79 Å². The highest BCUT2D eigenvalue weighted by Gasteiger charge is 2.26. The number of hydrogen-bond donors (Lipinski definition) is 1. The molecule has 0 saturated heterocycles. The third-order valence-electron chi connectivity index (χ3n) is 3.95. The maximum atomic E-state index is 12.5. The molecule has 0 aliphatic heterocycles. The van der Waals surface area contributed by atoms with Gasteiger partial charge in [0.2, 0.25) is 5.91 Å². The molecule has 0 saturated carbocycles. The molecule has 1 N–H and O–H groups in total. The summed E-state index contributed by atoms with van der Waals surface area (Å²) in [6.45, 7) is 3.32. The predicted octanol–water partition coefficient (Wildman–Crippen LogP) is 4.35. The van der Waals surface area contributed by atoms with Crippen LogP contribution in [0, 0.1) is 0 Å². The minimum atomic E-state index is -3.62. The van der Waals surface area contributed by atoms with Gasteiger partial charge in [0.25, 0.3) is 0 Å². The quantitative estimate of drug-likeness (QED) is 0.784. The summed E-state index contributed by atoms with van der Waals surface area (Å²) < 4.78 is 24.9. The number of carbonyl (C=O) groups excluding carboxylic acids is 1. The van der Waals surface area contributed by atoms with E-state index < -0.39 is 32.8 Å². The van der Waals surface area contributed by atoms with Crippen molar-refractivity contribution in [2.75, 3.05) is 5.75 Å². The fourth-order valence-electron chi connectivity index (χ4n) is 2.45. The minimum absolute atomic E-state index is 0.417. The summed E-state index contributed by atoms with van der Waals surface area (Å²) in [5.41, 5.74) is 1.33. The van der Waals surface area contributed by atoms with Crippen LogP contribution in [0.2, 0.25) is 10.0 Å². The standard InChI is InChI=1S/C18H19Cl2NO3S/c1-12(16-9-8-15(19)10-17(16)20)21-18(22)11-25(23,24)13(2)14-6-4-3-5-7-14/h3-10,12-13H,11H2,1-2H3,(H,21,22). The van der Waals surface area contributed by atoms with E-state index in [1.807, 2.05) is 6.07 Å². The average molecular weight is 400 g/mol. The molecule has 7 heteroatoms.